The van der Waals surface area contributed by atoms with E-state index in [-0.39, 0.29) is 0 Å². The number of allylic oxidation sites excluding steroid dienone is 3. The molecule has 0 unspecified atom stereocenters. The van der Waals surface area contributed by atoms with E-state index in [9.17, 15) is 0 Å². The van der Waals surface area contributed by atoms with Gasteiger partial charge in [0.2, 0.25) is 0 Å². The van der Waals surface area contributed by atoms with Gasteiger partial charge < -0.3 is 0 Å². The van der Waals surface area contributed by atoms with Gasteiger partial charge in [0, 0.05) is 0 Å². The average Bonchev–Trinajstić information content (AvgIpc) is 2.48. The molecule has 0 spiro atoms. The van der Waals surface area contributed by atoms with E-state index in [4.69, 9.17) is 0 Å². The minimum absolute atomic E-state index is 0.976. The predicted octanol–water partition coefficient (Wildman–Crippen LogP) is 2.46. The Kier molecular flexibility index (Phi) is 5.40. The Morgan fingerprint density at radius 1 is 0.933 bits per heavy atom. The van der Waals surface area contributed by atoms with E-state index < -0.39 is 0 Å². The molecule has 0 aliphatic rings. The fraction of sp³-hybridized carbons (Fsp3) is 0.231. The third-order valence-electron chi connectivity index (χ3n) is 2.26. The summed E-state index contributed by atoms with van der Waals surface area (Å²) in [4.78, 5) is 1.46. The van der Waals surface area contributed by atoms with Crippen molar-refractivity contribution in [2.24, 2.45) is 0 Å². The molecule has 0 N–H and O–H groups in total. The molecule has 1 heterocycles. The van der Waals surface area contributed by atoms with Crippen molar-refractivity contribution in [3.63, 3.8) is 0 Å². The number of thiophene rings is 1. The molecule has 0 aliphatic heterocycles. The summed E-state index contributed by atoms with van der Waals surface area (Å²) in [6.45, 7) is 11.5. The molecule has 1 aromatic heterocycles. The van der Waals surface area contributed by atoms with Gasteiger partial charge in [-0.15, -0.1) is 0 Å². The van der Waals surface area contributed by atoms with Gasteiger partial charge >= 0.3 is 110 Å². The maximum absolute atomic E-state index is 3.83. The van der Waals surface area contributed by atoms with Crippen LogP contribution in [0.2, 0.25) is 0 Å². The number of rotatable bonds is 6. The Bertz CT molecular complexity index is 374. The van der Waals surface area contributed by atoms with E-state index in [1.54, 1.807) is 0 Å². The molecular weight excluding hydrogens is 307 g/mol. The first-order chi connectivity index (χ1) is 7.24. The Morgan fingerprint density at radius 3 is 2.00 bits per heavy atom. The molecule has 0 aliphatic carbocycles. The molecule has 0 aromatic carbocycles. The van der Waals surface area contributed by atoms with Crippen LogP contribution in [0.5, 0.6) is 0 Å². The van der Waals surface area contributed by atoms with E-state index in [0.717, 1.165) is 19.3 Å². The van der Waals surface area contributed by atoms with Gasteiger partial charge in [0.15, 0.2) is 0 Å². The van der Waals surface area contributed by atoms with E-state index >= 15 is 0 Å². The first kappa shape index (κ1) is 12.8. The molecule has 0 saturated heterocycles. The van der Waals surface area contributed by atoms with Crippen LogP contribution >= 0.6 is 11.3 Å². The molecule has 0 amide bonds. The van der Waals surface area contributed by atoms with Crippen LogP contribution in [0, 0.1) is 0 Å². The molecule has 1 rings (SSSR count). The fourth-order valence-electron chi connectivity index (χ4n) is 1.62. The summed E-state index contributed by atoms with van der Waals surface area (Å²) in [7, 11) is 0. The Hall–Kier alpha value is -0.281. The monoisotopic (exact) mass is 324 g/mol. The third-order valence-corrected chi connectivity index (χ3v) is 5.39. The van der Waals surface area contributed by atoms with Crippen LogP contribution in [-0.4, -0.2) is 22.5 Å². The molecular formula is C13H16SSn. The second-order valence-corrected chi connectivity index (χ2v) is 7.30. The van der Waals surface area contributed by atoms with Crippen molar-refractivity contribution in [2.45, 2.75) is 19.3 Å². The molecule has 0 saturated carbocycles. The van der Waals surface area contributed by atoms with Crippen LogP contribution in [0.4, 0.5) is 0 Å². The van der Waals surface area contributed by atoms with Crippen molar-refractivity contribution < 1.29 is 0 Å². The normalized spacial score (nSPS) is 9.93. The minimum atomic E-state index is 0.976. The maximum atomic E-state index is 3.83. The Morgan fingerprint density at radius 2 is 1.47 bits per heavy atom. The second-order valence-electron chi connectivity index (χ2n) is 3.32. The van der Waals surface area contributed by atoms with E-state index in [1.807, 2.05) is 29.6 Å². The molecule has 0 nitrogen and oxygen atoms in total. The summed E-state index contributed by atoms with van der Waals surface area (Å²) in [6.07, 6.45) is 8.92. The molecule has 15 heavy (non-hydrogen) atoms. The first-order valence-corrected chi connectivity index (χ1v) is 7.42. The Balaban J connectivity index is 3.15. The summed E-state index contributed by atoms with van der Waals surface area (Å²) in [5.74, 6) is 0. The number of hydrogen-bond acceptors (Lipinski definition) is 1. The van der Waals surface area contributed by atoms with Crippen LogP contribution < -0.4 is 2.89 Å². The zero-order valence-corrected chi connectivity index (χ0v) is 13.1. The van der Waals surface area contributed by atoms with Crippen LogP contribution in [-0.2, 0) is 19.3 Å². The van der Waals surface area contributed by atoms with Crippen molar-refractivity contribution in [3.05, 3.63) is 54.0 Å². The first-order valence-electron chi connectivity index (χ1n) is 4.96. The van der Waals surface area contributed by atoms with Crippen molar-refractivity contribution in [3.8, 4) is 0 Å². The van der Waals surface area contributed by atoms with Crippen LogP contribution in [0.25, 0.3) is 0 Å². The molecule has 0 atom stereocenters. The molecule has 0 bridgehead atoms. The summed E-state index contributed by atoms with van der Waals surface area (Å²) >= 11 is 3.13. The van der Waals surface area contributed by atoms with Crippen LogP contribution in [0.1, 0.15) is 16.0 Å². The topological polar surface area (TPSA) is 0 Å². The molecule has 2 radical (unpaired) electrons. The summed E-state index contributed by atoms with van der Waals surface area (Å²) < 4.78 is 1.54. The van der Waals surface area contributed by atoms with Crippen LogP contribution in [0.15, 0.2) is 38.0 Å². The SMILES string of the molecule is C=CCc1s[c]([SnH])c(CC=C)c1CC=C. The van der Waals surface area contributed by atoms with Gasteiger partial charge in [-0.05, 0) is 0 Å². The molecule has 2 heteroatoms. The van der Waals surface area contributed by atoms with Gasteiger partial charge in [-0.2, -0.15) is 0 Å². The molecule has 1 aromatic rings. The standard InChI is InChI=1S/C13H15S.Sn.H/c1-4-7-11-10-14-13(9-6-3)12(11)8-5-2;;/h4-6H,1-3,7-9H2;;. The zero-order chi connectivity index (χ0) is 11.3. The van der Waals surface area contributed by atoms with Crippen molar-refractivity contribution in [1.29, 1.82) is 0 Å². The predicted molar refractivity (Wildman–Crippen MR) is 72.8 cm³/mol. The molecule has 78 valence electrons. The van der Waals surface area contributed by atoms with Gasteiger partial charge in [0.05, 0.1) is 0 Å². The van der Waals surface area contributed by atoms with Gasteiger partial charge in [-0.3, -0.25) is 0 Å². The number of hydrogen-bond donors (Lipinski definition) is 0. The Labute approximate surface area is 109 Å². The fourth-order valence-corrected chi connectivity index (χ4v) is 4.80. The third kappa shape index (κ3) is 3.08. The van der Waals surface area contributed by atoms with Crippen molar-refractivity contribution >= 4 is 36.8 Å². The van der Waals surface area contributed by atoms with Crippen molar-refractivity contribution in [1.82, 2.24) is 0 Å². The van der Waals surface area contributed by atoms with E-state index in [0.29, 0.717) is 0 Å². The quantitative estimate of drug-likeness (QED) is 0.557. The second kappa shape index (κ2) is 6.33. The zero-order valence-electron chi connectivity index (χ0n) is 8.96. The van der Waals surface area contributed by atoms with Crippen LogP contribution in [0.3, 0.4) is 0 Å². The van der Waals surface area contributed by atoms with Gasteiger partial charge in [0.1, 0.15) is 0 Å². The van der Waals surface area contributed by atoms with Crippen molar-refractivity contribution in [2.75, 3.05) is 0 Å². The van der Waals surface area contributed by atoms with Gasteiger partial charge in [0.25, 0.3) is 0 Å². The average molecular weight is 323 g/mol. The summed E-state index contributed by atoms with van der Waals surface area (Å²) in [6, 6.07) is 0. The van der Waals surface area contributed by atoms with E-state index in [2.05, 4.69) is 19.7 Å². The van der Waals surface area contributed by atoms with E-state index in [1.165, 1.54) is 41.4 Å². The van der Waals surface area contributed by atoms with Gasteiger partial charge in [-0.25, -0.2) is 0 Å². The summed E-state index contributed by atoms with van der Waals surface area (Å²) in [5.41, 5.74) is 2.96. The summed E-state index contributed by atoms with van der Waals surface area (Å²) in [5, 5.41) is 0. The molecule has 0 fully saturated rings. The van der Waals surface area contributed by atoms with Gasteiger partial charge in [-0.1, -0.05) is 0 Å².